The summed E-state index contributed by atoms with van der Waals surface area (Å²) >= 11 is 0. The van der Waals surface area contributed by atoms with Gasteiger partial charge in [0.1, 0.15) is 11.6 Å². The molecule has 1 aromatic rings. The molecule has 0 spiro atoms. The number of nitrogens with zero attached hydrogens (tertiary/aromatic N) is 4. The Hall–Kier alpha value is -1.59. The summed E-state index contributed by atoms with van der Waals surface area (Å²) in [5, 5.41) is 15.9. The van der Waals surface area contributed by atoms with Crippen molar-refractivity contribution < 1.29 is 0 Å². The van der Waals surface area contributed by atoms with Crippen molar-refractivity contribution >= 4 is 5.96 Å². The Bertz CT molecular complexity index is 613. The first-order valence-corrected chi connectivity index (χ1v) is 11.6. The molecule has 0 atom stereocenters. The normalized spacial score (nSPS) is 23.4. The summed E-state index contributed by atoms with van der Waals surface area (Å²) < 4.78 is 2.35. The van der Waals surface area contributed by atoms with Crippen LogP contribution in [0.15, 0.2) is 4.99 Å². The highest BCUT2D eigenvalue weighted by atomic mass is 15.3. The molecule has 158 valence electrons. The van der Waals surface area contributed by atoms with Gasteiger partial charge in [-0.15, -0.1) is 10.2 Å². The van der Waals surface area contributed by atoms with Crippen LogP contribution in [0.25, 0.3) is 0 Å². The second-order valence-corrected chi connectivity index (χ2v) is 8.86. The van der Waals surface area contributed by atoms with Gasteiger partial charge in [-0.25, -0.2) is 0 Å². The van der Waals surface area contributed by atoms with E-state index in [1.54, 1.807) is 0 Å². The molecule has 2 N–H and O–H groups in total. The summed E-state index contributed by atoms with van der Waals surface area (Å²) in [7, 11) is 0. The number of rotatable bonds is 7. The van der Waals surface area contributed by atoms with Gasteiger partial charge in [0, 0.05) is 38.5 Å². The molecule has 1 aliphatic carbocycles. The first-order chi connectivity index (χ1) is 13.7. The zero-order valence-electron chi connectivity index (χ0n) is 18.2. The smallest absolute Gasteiger partial charge is 0.191 e. The summed E-state index contributed by atoms with van der Waals surface area (Å²) in [6, 6.07) is 0.570. The summed E-state index contributed by atoms with van der Waals surface area (Å²) in [6.07, 6.45) is 12.1. The van der Waals surface area contributed by atoms with Gasteiger partial charge in [0.25, 0.3) is 0 Å². The number of hydrogen-bond donors (Lipinski definition) is 2. The minimum Gasteiger partial charge on any atom is -0.357 e. The number of guanidine groups is 1. The number of hydrogen-bond acceptors (Lipinski definition) is 3. The Morgan fingerprint density at radius 1 is 1.14 bits per heavy atom. The third-order valence-electron chi connectivity index (χ3n) is 6.41. The predicted molar refractivity (Wildman–Crippen MR) is 116 cm³/mol. The van der Waals surface area contributed by atoms with E-state index in [0.717, 1.165) is 62.5 Å². The van der Waals surface area contributed by atoms with Crippen LogP contribution in [-0.4, -0.2) is 39.9 Å². The van der Waals surface area contributed by atoms with Crippen molar-refractivity contribution in [2.45, 2.75) is 97.6 Å². The summed E-state index contributed by atoms with van der Waals surface area (Å²) in [5.41, 5.74) is 0. The van der Waals surface area contributed by atoms with E-state index in [1.165, 1.54) is 50.8 Å². The van der Waals surface area contributed by atoms with E-state index in [2.05, 4.69) is 46.2 Å². The Morgan fingerprint density at radius 2 is 1.96 bits per heavy atom. The van der Waals surface area contributed by atoms with Crippen LogP contribution in [0.3, 0.4) is 0 Å². The molecule has 2 aliphatic rings. The second-order valence-electron chi connectivity index (χ2n) is 8.86. The Balaban J connectivity index is 1.45. The summed E-state index contributed by atoms with van der Waals surface area (Å²) in [6.45, 7) is 9.68. The maximum atomic E-state index is 4.83. The molecular formula is C22H40N6. The second kappa shape index (κ2) is 10.8. The molecule has 28 heavy (non-hydrogen) atoms. The Labute approximate surface area is 171 Å². The summed E-state index contributed by atoms with van der Waals surface area (Å²) in [5.74, 6) is 5.03. The van der Waals surface area contributed by atoms with Crippen LogP contribution in [-0.2, 0) is 19.4 Å². The van der Waals surface area contributed by atoms with Crippen LogP contribution >= 0.6 is 0 Å². The standard InChI is InChI=1S/C22H40N6/c1-4-23-22(25-19-13-11-18(12-14-19)17(2)3)24-15-8-10-21-27-26-20-9-6-5-7-16-28(20)21/h17-19H,4-16H2,1-3H3,(H2,23,24,25). The lowest BCUT2D eigenvalue weighted by Crippen LogP contribution is -2.45. The molecule has 1 aliphatic heterocycles. The molecule has 1 saturated carbocycles. The molecule has 1 fully saturated rings. The van der Waals surface area contributed by atoms with E-state index in [1.807, 2.05) is 0 Å². The number of aromatic nitrogens is 3. The SMILES string of the molecule is CCNC(=NCCCc1nnc2n1CCCCC2)NC1CCC(C(C)C)CC1. The highest BCUT2D eigenvalue weighted by Crippen LogP contribution is 2.29. The number of aliphatic imine (C=N–C) groups is 1. The Kier molecular flexibility index (Phi) is 8.16. The Morgan fingerprint density at radius 3 is 2.71 bits per heavy atom. The molecule has 0 bridgehead atoms. The first-order valence-electron chi connectivity index (χ1n) is 11.6. The molecule has 6 nitrogen and oxygen atoms in total. The van der Waals surface area contributed by atoms with E-state index < -0.39 is 0 Å². The largest absolute Gasteiger partial charge is 0.357 e. The fraction of sp³-hybridized carbons (Fsp3) is 0.864. The molecule has 6 heteroatoms. The molecule has 2 heterocycles. The molecule has 0 aromatic carbocycles. The van der Waals surface area contributed by atoms with Crippen LogP contribution in [0.1, 0.15) is 83.8 Å². The van der Waals surface area contributed by atoms with Gasteiger partial charge in [0.05, 0.1) is 0 Å². The lowest BCUT2D eigenvalue weighted by atomic mass is 9.80. The quantitative estimate of drug-likeness (QED) is 0.424. The molecule has 3 rings (SSSR count). The topological polar surface area (TPSA) is 67.1 Å². The van der Waals surface area contributed by atoms with Crippen LogP contribution in [0.4, 0.5) is 0 Å². The van der Waals surface area contributed by atoms with Crippen molar-refractivity contribution in [2.75, 3.05) is 13.1 Å². The van der Waals surface area contributed by atoms with Crippen LogP contribution in [0.2, 0.25) is 0 Å². The molecule has 1 aromatic heterocycles. The van der Waals surface area contributed by atoms with Gasteiger partial charge in [0.2, 0.25) is 0 Å². The van der Waals surface area contributed by atoms with Crippen LogP contribution in [0, 0.1) is 11.8 Å². The minimum atomic E-state index is 0.570. The average molecular weight is 389 g/mol. The van der Waals surface area contributed by atoms with Crippen molar-refractivity contribution in [3.63, 3.8) is 0 Å². The van der Waals surface area contributed by atoms with Gasteiger partial charge >= 0.3 is 0 Å². The average Bonchev–Trinajstić information content (AvgIpc) is 2.92. The zero-order chi connectivity index (χ0) is 19.8. The van der Waals surface area contributed by atoms with E-state index in [-0.39, 0.29) is 0 Å². The fourth-order valence-corrected chi connectivity index (χ4v) is 4.60. The van der Waals surface area contributed by atoms with Crippen molar-refractivity contribution in [1.82, 2.24) is 25.4 Å². The van der Waals surface area contributed by atoms with Gasteiger partial charge in [-0.3, -0.25) is 4.99 Å². The number of fused-ring (bicyclic) bond motifs is 1. The number of nitrogens with one attached hydrogen (secondary N) is 2. The van der Waals surface area contributed by atoms with Crippen molar-refractivity contribution in [3.05, 3.63) is 11.6 Å². The maximum Gasteiger partial charge on any atom is 0.191 e. The number of aryl methyl sites for hydroxylation is 2. The fourth-order valence-electron chi connectivity index (χ4n) is 4.60. The first kappa shape index (κ1) is 21.1. The monoisotopic (exact) mass is 388 g/mol. The van der Waals surface area contributed by atoms with Crippen molar-refractivity contribution in [3.8, 4) is 0 Å². The van der Waals surface area contributed by atoms with Gasteiger partial charge < -0.3 is 15.2 Å². The van der Waals surface area contributed by atoms with Crippen LogP contribution in [0.5, 0.6) is 0 Å². The van der Waals surface area contributed by atoms with E-state index in [4.69, 9.17) is 4.99 Å². The predicted octanol–water partition coefficient (Wildman–Crippen LogP) is 3.71. The van der Waals surface area contributed by atoms with E-state index in [9.17, 15) is 0 Å². The third-order valence-corrected chi connectivity index (χ3v) is 6.41. The molecule has 0 saturated heterocycles. The molecule has 0 amide bonds. The van der Waals surface area contributed by atoms with Gasteiger partial charge in [-0.1, -0.05) is 20.3 Å². The van der Waals surface area contributed by atoms with Crippen LogP contribution < -0.4 is 10.6 Å². The maximum absolute atomic E-state index is 4.83. The minimum absolute atomic E-state index is 0.570. The van der Waals surface area contributed by atoms with Gasteiger partial charge in [-0.2, -0.15) is 0 Å². The van der Waals surface area contributed by atoms with E-state index in [0.29, 0.717) is 6.04 Å². The lowest BCUT2D eigenvalue weighted by Gasteiger charge is -2.32. The highest BCUT2D eigenvalue weighted by molar-refractivity contribution is 5.80. The molecular weight excluding hydrogens is 348 g/mol. The van der Waals surface area contributed by atoms with Gasteiger partial charge in [0.15, 0.2) is 5.96 Å². The van der Waals surface area contributed by atoms with Crippen molar-refractivity contribution in [1.29, 1.82) is 0 Å². The van der Waals surface area contributed by atoms with Crippen molar-refractivity contribution in [2.24, 2.45) is 16.8 Å². The highest BCUT2D eigenvalue weighted by Gasteiger charge is 2.23. The summed E-state index contributed by atoms with van der Waals surface area (Å²) in [4.78, 5) is 4.83. The molecule has 0 radical (unpaired) electrons. The third kappa shape index (κ3) is 5.95. The van der Waals surface area contributed by atoms with Gasteiger partial charge in [-0.05, 0) is 63.7 Å². The van der Waals surface area contributed by atoms with E-state index >= 15 is 0 Å². The molecule has 0 unspecified atom stereocenters. The lowest BCUT2D eigenvalue weighted by molar-refractivity contribution is 0.250. The zero-order valence-corrected chi connectivity index (χ0v) is 18.2.